The number of hydrogen-bond donors (Lipinski definition) is 2. The summed E-state index contributed by atoms with van der Waals surface area (Å²) < 4.78 is 0. The Kier molecular flexibility index (Phi) is 5.31. The van der Waals surface area contributed by atoms with Crippen molar-refractivity contribution in [2.24, 2.45) is 11.1 Å². The van der Waals surface area contributed by atoms with Gasteiger partial charge >= 0.3 is 0 Å². The molecule has 1 aromatic rings. The summed E-state index contributed by atoms with van der Waals surface area (Å²) in [6.45, 7) is 7.31. The highest BCUT2D eigenvalue weighted by Gasteiger charge is 2.32. The molecule has 0 unspecified atom stereocenters. The Bertz CT molecular complexity index is 495. The lowest BCUT2D eigenvalue weighted by Crippen LogP contribution is -2.49. The summed E-state index contributed by atoms with van der Waals surface area (Å²) in [4.78, 5) is 23.3. The van der Waals surface area contributed by atoms with Crippen LogP contribution < -0.4 is 11.1 Å². The second-order valence-corrected chi connectivity index (χ2v) is 5.80. The van der Waals surface area contributed by atoms with E-state index in [1.54, 1.807) is 20.8 Å². The van der Waals surface area contributed by atoms with Crippen molar-refractivity contribution < 1.29 is 9.59 Å². The maximum absolute atomic E-state index is 11.9. The molecule has 0 aliphatic rings. The molecular formula is C16H24N2O2. The molecule has 20 heavy (non-hydrogen) atoms. The van der Waals surface area contributed by atoms with Crippen molar-refractivity contribution in [2.45, 2.75) is 46.6 Å². The molecule has 0 aromatic heterocycles. The molecule has 0 saturated heterocycles. The fraction of sp³-hybridized carbons (Fsp3) is 0.500. The number of nitrogens with two attached hydrogens (primary N) is 1. The number of primary amides is 1. The first-order valence-corrected chi connectivity index (χ1v) is 6.89. The Morgan fingerprint density at radius 3 is 2.45 bits per heavy atom. The zero-order valence-electron chi connectivity index (χ0n) is 12.7. The molecule has 2 amide bonds. The van der Waals surface area contributed by atoms with E-state index in [1.807, 2.05) is 31.2 Å². The van der Waals surface area contributed by atoms with E-state index in [0.29, 0.717) is 12.8 Å². The average molecular weight is 276 g/mol. The van der Waals surface area contributed by atoms with Crippen LogP contribution in [0, 0.1) is 12.3 Å². The molecule has 0 saturated carbocycles. The minimum atomic E-state index is -0.752. The fourth-order valence-electron chi connectivity index (χ4n) is 1.85. The van der Waals surface area contributed by atoms with E-state index in [1.165, 1.54) is 11.1 Å². The maximum Gasteiger partial charge on any atom is 0.225 e. The van der Waals surface area contributed by atoms with Gasteiger partial charge in [-0.25, -0.2) is 0 Å². The summed E-state index contributed by atoms with van der Waals surface area (Å²) in [5, 5.41) is 2.85. The summed E-state index contributed by atoms with van der Waals surface area (Å²) in [6, 6.07) is 7.73. The minimum absolute atomic E-state index is 0.0601. The van der Waals surface area contributed by atoms with E-state index in [0.717, 1.165) is 0 Å². The quantitative estimate of drug-likeness (QED) is 0.833. The standard InChI is InChI=1S/C16H24N2O2/c1-11-7-5-6-8-13(11)9-10-14(19)18-12(2)16(3,4)15(17)20/h5-8,12H,9-10H2,1-4H3,(H2,17,20)(H,18,19)/t12-/m0/s1. The third-order valence-electron chi connectivity index (χ3n) is 3.98. The number of amides is 2. The van der Waals surface area contributed by atoms with E-state index >= 15 is 0 Å². The lowest BCUT2D eigenvalue weighted by Gasteiger charge is -2.29. The van der Waals surface area contributed by atoms with E-state index < -0.39 is 11.3 Å². The van der Waals surface area contributed by atoms with Gasteiger partial charge in [-0.15, -0.1) is 0 Å². The summed E-state index contributed by atoms with van der Waals surface area (Å²) in [7, 11) is 0. The minimum Gasteiger partial charge on any atom is -0.369 e. The third kappa shape index (κ3) is 4.08. The van der Waals surface area contributed by atoms with Gasteiger partial charge in [0.2, 0.25) is 11.8 Å². The normalized spacial score (nSPS) is 12.8. The highest BCUT2D eigenvalue weighted by molar-refractivity contribution is 5.82. The first kappa shape index (κ1) is 16.2. The molecule has 0 radical (unpaired) electrons. The van der Waals surface area contributed by atoms with Gasteiger partial charge in [0.25, 0.3) is 0 Å². The zero-order chi connectivity index (χ0) is 15.3. The number of carbonyl (C=O) groups is 2. The maximum atomic E-state index is 11.9. The molecule has 1 aromatic carbocycles. The van der Waals surface area contributed by atoms with Crippen molar-refractivity contribution in [3.8, 4) is 0 Å². The van der Waals surface area contributed by atoms with Crippen molar-refractivity contribution in [3.63, 3.8) is 0 Å². The van der Waals surface area contributed by atoms with Crippen LogP contribution in [0.5, 0.6) is 0 Å². The molecule has 0 aliphatic carbocycles. The van der Waals surface area contributed by atoms with Crippen LogP contribution in [0.25, 0.3) is 0 Å². The Morgan fingerprint density at radius 2 is 1.90 bits per heavy atom. The van der Waals surface area contributed by atoms with Crippen molar-refractivity contribution in [1.82, 2.24) is 5.32 Å². The van der Waals surface area contributed by atoms with Crippen molar-refractivity contribution in [3.05, 3.63) is 35.4 Å². The molecule has 0 fully saturated rings. The Hall–Kier alpha value is -1.84. The molecule has 110 valence electrons. The van der Waals surface area contributed by atoms with Crippen LogP contribution in [-0.4, -0.2) is 17.9 Å². The zero-order valence-corrected chi connectivity index (χ0v) is 12.7. The SMILES string of the molecule is Cc1ccccc1CCC(=O)N[C@@H](C)C(C)(C)C(N)=O. The van der Waals surface area contributed by atoms with E-state index in [-0.39, 0.29) is 11.9 Å². The van der Waals surface area contributed by atoms with Crippen LogP contribution in [0.4, 0.5) is 0 Å². The molecule has 1 rings (SSSR count). The van der Waals surface area contributed by atoms with Crippen LogP contribution >= 0.6 is 0 Å². The van der Waals surface area contributed by atoms with E-state index in [9.17, 15) is 9.59 Å². The van der Waals surface area contributed by atoms with Crippen LogP contribution in [0.3, 0.4) is 0 Å². The van der Waals surface area contributed by atoms with E-state index in [4.69, 9.17) is 5.73 Å². The Labute approximate surface area is 120 Å². The third-order valence-corrected chi connectivity index (χ3v) is 3.98. The molecule has 4 nitrogen and oxygen atoms in total. The molecule has 0 heterocycles. The van der Waals surface area contributed by atoms with Gasteiger partial charge in [-0.1, -0.05) is 24.3 Å². The lowest BCUT2D eigenvalue weighted by atomic mass is 9.84. The van der Waals surface area contributed by atoms with Gasteiger partial charge < -0.3 is 11.1 Å². The summed E-state index contributed by atoms with van der Waals surface area (Å²) in [5.41, 5.74) is 6.95. The number of hydrogen-bond acceptors (Lipinski definition) is 2. The second-order valence-electron chi connectivity index (χ2n) is 5.80. The molecule has 3 N–H and O–H groups in total. The van der Waals surface area contributed by atoms with Crippen LogP contribution in [0.15, 0.2) is 24.3 Å². The second kappa shape index (κ2) is 6.55. The molecule has 1 atom stereocenters. The first-order valence-electron chi connectivity index (χ1n) is 6.89. The molecule has 0 spiro atoms. The van der Waals surface area contributed by atoms with Gasteiger partial charge in [-0.3, -0.25) is 9.59 Å². The highest BCUT2D eigenvalue weighted by Crippen LogP contribution is 2.19. The van der Waals surface area contributed by atoms with Gasteiger partial charge in [-0.05, 0) is 45.2 Å². The molecule has 0 bridgehead atoms. The van der Waals surface area contributed by atoms with Crippen molar-refractivity contribution >= 4 is 11.8 Å². The molecule has 4 heteroatoms. The van der Waals surface area contributed by atoms with Crippen molar-refractivity contribution in [2.75, 3.05) is 0 Å². The highest BCUT2D eigenvalue weighted by atomic mass is 16.2. The summed E-state index contributed by atoms with van der Waals surface area (Å²) in [5.74, 6) is -0.473. The van der Waals surface area contributed by atoms with Gasteiger partial charge in [0.1, 0.15) is 0 Å². The van der Waals surface area contributed by atoms with E-state index in [2.05, 4.69) is 5.32 Å². The lowest BCUT2D eigenvalue weighted by molar-refractivity contribution is -0.129. The molecule has 0 aliphatic heterocycles. The first-order chi connectivity index (χ1) is 9.25. The topological polar surface area (TPSA) is 72.2 Å². The van der Waals surface area contributed by atoms with Gasteiger partial charge in [0.05, 0.1) is 5.41 Å². The van der Waals surface area contributed by atoms with Crippen LogP contribution in [-0.2, 0) is 16.0 Å². The molecular weight excluding hydrogens is 252 g/mol. The number of carbonyl (C=O) groups excluding carboxylic acids is 2. The fourth-order valence-corrected chi connectivity index (χ4v) is 1.85. The predicted molar refractivity (Wildman–Crippen MR) is 80.1 cm³/mol. The van der Waals surface area contributed by atoms with Gasteiger partial charge in [-0.2, -0.15) is 0 Å². The number of nitrogens with one attached hydrogen (secondary N) is 1. The smallest absolute Gasteiger partial charge is 0.225 e. The van der Waals surface area contributed by atoms with Crippen LogP contribution in [0.1, 0.15) is 38.3 Å². The Morgan fingerprint density at radius 1 is 1.30 bits per heavy atom. The predicted octanol–water partition coefficient (Wildman–Crippen LogP) is 1.94. The number of benzene rings is 1. The van der Waals surface area contributed by atoms with Gasteiger partial charge in [0, 0.05) is 12.5 Å². The Balaban J connectivity index is 2.53. The largest absolute Gasteiger partial charge is 0.369 e. The monoisotopic (exact) mass is 276 g/mol. The number of aryl methyl sites for hydroxylation is 2. The van der Waals surface area contributed by atoms with Crippen LogP contribution in [0.2, 0.25) is 0 Å². The summed E-state index contributed by atoms with van der Waals surface area (Å²) >= 11 is 0. The average Bonchev–Trinajstić information content (AvgIpc) is 2.37. The summed E-state index contributed by atoms with van der Waals surface area (Å²) in [6.07, 6.45) is 1.10. The van der Waals surface area contributed by atoms with Crippen molar-refractivity contribution in [1.29, 1.82) is 0 Å². The van der Waals surface area contributed by atoms with Gasteiger partial charge in [0.15, 0.2) is 0 Å². The number of rotatable bonds is 6.